The highest BCUT2D eigenvalue weighted by atomic mass is 32.2. The van der Waals surface area contributed by atoms with Gasteiger partial charge in [0.1, 0.15) is 0 Å². The monoisotopic (exact) mass is 395 g/mol. The summed E-state index contributed by atoms with van der Waals surface area (Å²) in [6.07, 6.45) is 0. The zero-order valence-electron chi connectivity index (χ0n) is 16.9. The quantitative estimate of drug-likeness (QED) is 0.642. The number of nitrogens with one attached hydrogen (secondary N) is 1. The van der Waals surface area contributed by atoms with Crippen molar-refractivity contribution in [1.82, 2.24) is 25.5 Å². The van der Waals surface area contributed by atoms with Crippen molar-refractivity contribution >= 4 is 17.7 Å². The third-order valence-corrected chi connectivity index (χ3v) is 5.68. The molecule has 0 saturated heterocycles. The lowest BCUT2D eigenvalue weighted by Crippen LogP contribution is -2.28. The van der Waals surface area contributed by atoms with Gasteiger partial charge in [0.25, 0.3) is 0 Å². The first-order chi connectivity index (χ1) is 13.3. The number of aromatic nitrogens is 4. The number of hydrogen-bond donors (Lipinski definition) is 1. The minimum Gasteiger partial charge on any atom is -0.349 e. The Morgan fingerprint density at radius 1 is 1.07 bits per heavy atom. The Balaban J connectivity index is 1.64. The maximum atomic E-state index is 12.4. The Labute approximate surface area is 169 Å². The van der Waals surface area contributed by atoms with Crippen LogP contribution in [0.4, 0.5) is 0 Å². The normalized spacial score (nSPS) is 12.0. The molecule has 1 amide bonds. The molecule has 0 bridgehead atoms. The molecule has 7 heteroatoms. The lowest BCUT2D eigenvalue weighted by molar-refractivity contribution is -0.119. The van der Waals surface area contributed by atoms with Gasteiger partial charge in [-0.15, -0.1) is 5.10 Å². The Hall–Kier alpha value is -2.67. The van der Waals surface area contributed by atoms with E-state index in [0.29, 0.717) is 5.16 Å². The molecule has 0 aliphatic carbocycles. The summed E-state index contributed by atoms with van der Waals surface area (Å²) < 4.78 is 1.68. The summed E-state index contributed by atoms with van der Waals surface area (Å²) in [6.45, 7) is 10.2. The molecule has 0 saturated carbocycles. The number of thioether (sulfide) groups is 1. The van der Waals surface area contributed by atoms with E-state index in [0.717, 1.165) is 16.8 Å². The molecule has 0 spiro atoms. The van der Waals surface area contributed by atoms with E-state index in [4.69, 9.17) is 0 Å². The first-order valence-electron chi connectivity index (χ1n) is 9.20. The molecule has 1 atom stereocenters. The molecule has 1 heterocycles. The molecule has 0 aliphatic rings. The fraction of sp³-hybridized carbons (Fsp3) is 0.333. The van der Waals surface area contributed by atoms with E-state index >= 15 is 0 Å². The van der Waals surface area contributed by atoms with Gasteiger partial charge in [-0.05, 0) is 73.4 Å². The van der Waals surface area contributed by atoms with Crippen LogP contribution in [0.15, 0.2) is 41.6 Å². The summed E-state index contributed by atoms with van der Waals surface area (Å²) in [4.78, 5) is 12.4. The minimum absolute atomic E-state index is 0.0501. The van der Waals surface area contributed by atoms with Gasteiger partial charge in [-0.3, -0.25) is 4.79 Å². The van der Waals surface area contributed by atoms with Gasteiger partial charge in [0.15, 0.2) is 0 Å². The van der Waals surface area contributed by atoms with E-state index < -0.39 is 0 Å². The molecule has 0 unspecified atom stereocenters. The van der Waals surface area contributed by atoms with Crippen LogP contribution < -0.4 is 5.32 Å². The Bertz CT molecular complexity index is 998. The number of rotatable bonds is 6. The number of benzene rings is 2. The summed E-state index contributed by atoms with van der Waals surface area (Å²) in [5.41, 5.74) is 6.76. The van der Waals surface area contributed by atoms with Gasteiger partial charge >= 0.3 is 0 Å². The molecule has 1 aromatic heterocycles. The van der Waals surface area contributed by atoms with Crippen molar-refractivity contribution in [3.8, 4) is 5.69 Å². The average Bonchev–Trinajstić information content (AvgIpc) is 3.10. The van der Waals surface area contributed by atoms with Crippen LogP contribution in [0.2, 0.25) is 0 Å². The first-order valence-corrected chi connectivity index (χ1v) is 10.2. The number of carbonyl (C=O) groups is 1. The second-order valence-electron chi connectivity index (χ2n) is 7.08. The van der Waals surface area contributed by atoms with Crippen LogP contribution in [-0.2, 0) is 4.79 Å². The van der Waals surface area contributed by atoms with Gasteiger partial charge in [-0.2, -0.15) is 4.68 Å². The van der Waals surface area contributed by atoms with Gasteiger partial charge in [0.2, 0.25) is 11.1 Å². The maximum Gasteiger partial charge on any atom is 0.230 e. The summed E-state index contributed by atoms with van der Waals surface area (Å²) >= 11 is 1.33. The lowest BCUT2D eigenvalue weighted by atomic mass is 10.0. The maximum absolute atomic E-state index is 12.4. The van der Waals surface area contributed by atoms with Crippen molar-refractivity contribution in [2.24, 2.45) is 0 Å². The Morgan fingerprint density at radius 3 is 2.57 bits per heavy atom. The summed E-state index contributed by atoms with van der Waals surface area (Å²) in [7, 11) is 0. The van der Waals surface area contributed by atoms with Crippen molar-refractivity contribution in [1.29, 1.82) is 0 Å². The average molecular weight is 396 g/mol. The fourth-order valence-electron chi connectivity index (χ4n) is 2.99. The first kappa shape index (κ1) is 20.1. The van der Waals surface area contributed by atoms with Crippen molar-refractivity contribution < 1.29 is 4.79 Å². The van der Waals surface area contributed by atoms with E-state index in [1.165, 1.54) is 28.5 Å². The number of hydrogen-bond acceptors (Lipinski definition) is 5. The van der Waals surface area contributed by atoms with Crippen molar-refractivity contribution in [3.63, 3.8) is 0 Å². The summed E-state index contributed by atoms with van der Waals surface area (Å²) in [5.74, 6) is 0.200. The summed E-state index contributed by atoms with van der Waals surface area (Å²) in [5, 5.41) is 15.6. The third kappa shape index (κ3) is 4.59. The second-order valence-corrected chi connectivity index (χ2v) is 8.03. The molecular formula is C21H25N5OS. The van der Waals surface area contributed by atoms with Crippen LogP contribution in [0, 0.1) is 27.7 Å². The molecular weight excluding hydrogens is 370 g/mol. The topological polar surface area (TPSA) is 72.7 Å². The zero-order valence-corrected chi connectivity index (χ0v) is 17.7. The van der Waals surface area contributed by atoms with E-state index in [2.05, 4.69) is 59.0 Å². The van der Waals surface area contributed by atoms with Crippen LogP contribution in [0.3, 0.4) is 0 Å². The standard InChI is InChI=1S/C21H25N5OS/c1-13-6-9-19(16(4)10-13)26-21(23-24-25-26)28-12-20(27)22-17(5)18-8-7-14(2)15(3)11-18/h6-11,17H,12H2,1-5H3,(H,22,27)/t17-/m1/s1. The molecule has 1 N–H and O–H groups in total. The fourth-order valence-corrected chi connectivity index (χ4v) is 3.69. The van der Waals surface area contributed by atoms with Crippen LogP contribution in [0.25, 0.3) is 5.69 Å². The van der Waals surface area contributed by atoms with Crippen molar-refractivity contribution in [2.75, 3.05) is 5.75 Å². The molecule has 6 nitrogen and oxygen atoms in total. The van der Waals surface area contributed by atoms with Gasteiger partial charge < -0.3 is 5.32 Å². The van der Waals surface area contributed by atoms with Gasteiger partial charge in [-0.1, -0.05) is 47.7 Å². The number of aryl methyl sites for hydroxylation is 4. The number of nitrogens with zero attached hydrogens (tertiary/aromatic N) is 4. The SMILES string of the molecule is Cc1ccc(-n2nnnc2SCC(=O)N[C@H](C)c2ccc(C)c(C)c2)c(C)c1. The number of amides is 1. The summed E-state index contributed by atoms with van der Waals surface area (Å²) in [6, 6.07) is 12.3. The smallest absolute Gasteiger partial charge is 0.230 e. The predicted octanol–water partition coefficient (Wildman–Crippen LogP) is 3.87. The van der Waals surface area contributed by atoms with Crippen LogP contribution in [0.1, 0.15) is 40.8 Å². The second kappa shape index (κ2) is 8.56. The molecule has 146 valence electrons. The highest BCUT2D eigenvalue weighted by Gasteiger charge is 2.15. The van der Waals surface area contributed by atoms with E-state index in [-0.39, 0.29) is 17.7 Å². The van der Waals surface area contributed by atoms with Gasteiger partial charge in [-0.25, -0.2) is 0 Å². The van der Waals surface area contributed by atoms with E-state index in [9.17, 15) is 4.79 Å². The molecule has 0 aliphatic heterocycles. The molecule has 28 heavy (non-hydrogen) atoms. The van der Waals surface area contributed by atoms with Crippen LogP contribution in [0.5, 0.6) is 0 Å². The Kier molecular flexibility index (Phi) is 6.14. The van der Waals surface area contributed by atoms with Crippen molar-refractivity contribution in [2.45, 2.75) is 45.8 Å². The van der Waals surface area contributed by atoms with Crippen LogP contribution >= 0.6 is 11.8 Å². The van der Waals surface area contributed by atoms with Crippen molar-refractivity contribution in [3.05, 3.63) is 64.2 Å². The highest BCUT2D eigenvalue weighted by Crippen LogP contribution is 2.22. The molecule has 3 rings (SSSR count). The van der Waals surface area contributed by atoms with Crippen LogP contribution in [-0.4, -0.2) is 31.9 Å². The molecule has 0 fully saturated rings. The lowest BCUT2D eigenvalue weighted by Gasteiger charge is -2.15. The van der Waals surface area contributed by atoms with Gasteiger partial charge in [0, 0.05) is 0 Å². The minimum atomic E-state index is -0.0530. The molecule has 2 aromatic carbocycles. The number of carbonyl (C=O) groups excluding carboxylic acids is 1. The van der Waals surface area contributed by atoms with E-state index in [1.54, 1.807) is 4.68 Å². The molecule has 3 aromatic rings. The largest absolute Gasteiger partial charge is 0.349 e. The third-order valence-electron chi connectivity index (χ3n) is 4.76. The van der Waals surface area contributed by atoms with E-state index in [1.807, 2.05) is 32.9 Å². The molecule has 0 radical (unpaired) electrons. The van der Waals surface area contributed by atoms with Gasteiger partial charge in [0.05, 0.1) is 17.5 Å². The zero-order chi connectivity index (χ0) is 20.3. The predicted molar refractivity (Wildman–Crippen MR) is 112 cm³/mol. The number of tetrazole rings is 1. The highest BCUT2D eigenvalue weighted by molar-refractivity contribution is 7.99. The Morgan fingerprint density at radius 2 is 1.86 bits per heavy atom.